The Balaban J connectivity index is 1.98. The lowest BCUT2D eigenvalue weighted by molar-refractivity contribution is 0.145. The first-order valence-corrected chi connectivity index (χ1v) is 10.8. The van der Waals surface area contributed by atoms with Crippen LogP contribution in [0.5, 0.6) is 0 Å². The fourth-order valence-corrected chi connectivity index (χ4v) is 3.79. The SMILES string of the molecule is CS(=O)(=O)c1ccc(-n2nc(C(F)F)c(C#N)c2NCC2CCCCC2)nn1. The molecule has 2 heterocycles. The zero-order valence-corrected chi connectivity index (χ0v) is 16.1. The van der Waals surface area contributed by atoms with E-state index in [0.29, 0.717) is 12.5 Å². The number of sulfone groups is 1. The Morgan fingerprint density at radius 2 is 2.00 bits per heavy atom. The minimum atomic E-state index is -3.55. The Morgan fingerprint density at radius 3 is 2.54 bits per heavy atom. The van der Waals surface area contributed by atoms with Gasteiger partial charge >= 0.3 is 0 Å². The number of nitriles is 1. The maximum absolute atomic E-state index is 13.4. The van der Waals surface area contributed by atoms with Gasteiger partial charge in [0.15, 0.2) is 20.7 Å². The van der Waals surface area contributed by atoms with Gasteiger partial charge in [-0.1, -0.05) is 19.3 Å². The zero-order valence-electron chi connectivity index (χ0n) is 15.3. The molecule has 1 aliphatic carbocycles. The highest BCUT2D eigenvalue weighted by atomic mass is 32.2. The number of nitrogens with one attached hydrogen (secondary N) is 1. The molecule has 11 heteroatoms. The van der Waals surface area contributed by atoms with Gasteiger partial charge in [-0.3, -0.25) is 0 Å². The number of hydrogen-bond acceptors (Lipinski definition) is 7. The molecular formula is C17H20F2N6O2S. The van der Waals surface area contributed by atoms with Crippen molar-refractivity contribution in [1.29, 1.82) is 5.26 Å². The van der Waals surface area contributed by atoms with Gasteiger partial charge in [0.05, 0.1) is 0 Å². The first-order valence-electron chi connectivity index (χ1n) is 8.90. The third-order valence-electron chi connectivity index (χ3n) is 4.74. The molecule has 8 nitrogen and oxygen atoms in total. The average Bonchev–Trinajstić information content (AvgIpc) is 3.05. The van der Waals surface area contributed by atoms with Crippen molar-refractivity contribution >= 4 is 15.7 Å². The minimum Gasteiger partial charge on any atom is -0.369 e. The first-order chi connectivity index (χ1) is 13.3. The lowest BCUT2D eigenvalue weighted by Gasteiger charge is -2.22. The lowest BCUT2D eigenvalue weighted by atomic mass is 9.89. The van der Waals surface area contributed by atoms with Crippen molar-refractivity contribution in [3.05, 3.63) is 23.4 Å². The van der Waals surface area contributed by atoms with Gasteiger partial charge in [-0.15, -0.1) is 10.2 Å². The third-order valence-corrected chi connectivity index (χ3v) is 5.71. The van der Waals surface area contributed by atoms with E-state index in [2.05, 4.69) is 20.6 Å². The molecular weight excluding hydrogens is 390 g/mol. The summed E-state index contributed by atoms with van der Waals surface area (Å²) in [4.78, 5) is 0. The maximum Gasteiger partial charge on any atom is 0.283 e. The monoisotopic (exact) mass is 410 g/mol. The molecule has 0 bridgehead atoms. The van der Waals surface area contributed by atoms with Crippen LogP contribution < -0.4 is 5.32 Å². The van der Waals surface area contributed by atoms with Crippen molar-refractivity contribution in [3.63, 3.8) is 0 Å². The fraction of sp³-hybridized carbons (Fsp3) is 0.529. The van der Waals surface area contributed by atoms with Crippen molar-refractivity contribution in [3.8, 4) is 11.9 Å². The predicted molar refractivity (Wildman–Crippen MR) is 97.0 cm³/mol. The van der Waals surface area contributed by atoms with Gasteiger partial charge in [-0.2, -0.15) is 15.0 Å². The normalized spacial score (nSPS) is 15.5. The summed E-state index contributed by atoms with van der Waals surface area (Å²) < 4.78 is 50.9. The summed E-state index contributed by atoms with van der Waals surface area (Å²) in [7, 11) is -3.55. The standard InChI is InChI=1S/C17H20F2N6O2S/c1-28(26,27)14-8-7-13(22-23-14)25-17(12(9-20)15(24-25)16(18)19)21-10-11-5-3-2-4-6-11/h7-8,11,16,21H,2-6,10H2,1H3. The molecule has 1 aliphatic rings. The maximum atomic E-state index is 13.4. The van der Waals surface area contributed by atoms with Crippen molar-refractivity contribution in [2.75, 3.05) is 18.1 Å². The van der Waals surface area contributed by atoms with Gasteiger partial charge in [0.1, 0.15) is 23.1 Å². The molecule has 2 aromatic heterocycles. The Kier molecular flexibility index (Phi) is 5.88. The highest BCUT2D eigenvalue weighted by Crippen LogP contribution is 2.30. The van der Waals surface area contributed by atoms with E-state index in [9.17, 15) is 22.5 Å². The van der Waals surface area contributed by atoms with Crippen molar-refractivity contribution in [2.24, 2.45) is 5.92 Å². The molecule has 150 valence electrons. The van der Waals surface area contributed by atoms with Crippen LogP contribution in [0.3, 0.4) is 0 Å². The molecule has 0 aliphatic heterocycles. The molecule has 1 fully saturated rings. The van der Waals surface area contributed by atoms with Crippen LogP contribution >= 0.6 is 0 Å². The van der Waals surface area contributed by atoms with Gasteiger partial charge in [-0.25, -0.2) is 17.2 Å². The summed E-state index contributed by atoms with van der Waals surface area (Å²) >= 11 is 0. The summed E-state index contributed by atoms with van der Waals surface area (Å²) in [6.07, 6.45) is 3.56. The van der Waals surface area contributed by atoms with E-state index in [1.807, 2.05) is 0 Å². The molecule has 0 atom stereocenters. The average molecular weight is 410 g/mol. The van der Waals surface area contributed by atoms with Crippen LogP contribution in [0, 0.1) is 17.2 Å². The van der Waals surface area contributed by atoms with E-state index in [-0.39, 0.29) is 22.2 Å². The van der Waals surface area contributed by atoms with Crippen LogP contribution in [-0.4, -0.2) is 41.2 Å². The van der Waals surface area contributed by atoms with E-state index in [1.165, 1.54) is 18.6 Å². The molecule has 0 radical (unpaired) electrons. The summed E-state index contributed by atoms with van der Waals surface area (Å²) in [6.45, 7) is 0.526. The Bertz CT molecular complexity index is 976. The van der Waals surface area contributed by atoms with Crippen molar-refractivity contribution in [1.82, 2.24) is 20.0 Å². The van der Waals surface area contributed by atoms with Gasteiger partial charge in [0.2, 0.25) is 0 Å². The molecule has 1 saturated carbocycles. The van der Waals surface area contributed by atoms with Crippen LogP contribution in [0.25, 0.3) is 5.82 Å². The molecule has 0 unspecified atom stereocenters. The lowest BCUT2D eigenvalue weighted by Crippen LogP contribution is -2.19. The summed E-state index contributed by atoms with van der Waals surface area (Å²) in [5, 5.41) is 23.5. The number of rotatable bonds is 6. The van der Waals surface area contributed by atoms with Crippen molar-refractivity contribution in [2.45, 2.75) is 43.6 Å². The van der Waals surface area contributed by atoms with Gasteiger partial charge in [-0.05, 0) is 30.9 Å². The second-order valence-electron chi connectivity index (χ2n) is 6.82. The summed E-state index contributed by atoms with van der Waals surface area (Å²) in [6, 6.07) is 4.33. The number of anilines is 1. The van der Waals surface area contributed by atoms with Gasteiger partial charge in [0, 0.05) is 12.8 Å². The number of aromatic nitrogens is 4. The van der Waals surface area contributed by atoms with Crippen LogP contribution in [0.2, 0.25) is 0 Å². The molecule has 3 rings (SSSR count). The minimum absolute atomic E-state index is 0.0435. The smallest absolute Gasteiger partial charge is 0.283 e. The van der Waals surface area contributed by atoms with E-state index in [0.717, 1.165) is 36.6 Å². The second-order valence-corrected chi connectivity index (χ2v) is 8.78. The summed E-state index contributed by atoms with van der Waals surface area (Å²) in [5.41, 5.74) is -0.901. The highest BCUT2D eigenvalue weighted by molar-refractivity contribution is 7.90. The molecule has 0 spiro atoms. The van der Waals surface area contributed by atoms with Crippen molar-refractivity contribution < 1.29 is 17.2 Å². The van der Waals surface area contributed by atoms with E-state index in [4.69, 9.17) is 0 Å². The topological polar surface area (TPSA) is 114 Å². The number of hydrogen-bond donors (Lipinski definition) is 1. The number of halogens is 2. The first kappa shape index (κ1) is 20.1. The van der Waals surface area contributed by atoms with Crippen LogP contribution in [0.4, 0.5) is 14.6 Å². The van der Waals surface area contributed by atoms with Crippen LogP contribution in [0.15, 0.2) is 17.2 Å². The molecule has 1 N–H and O–H groups in total. The molecule has 2 aromatic rings. The predicted octanol–water partition coefficient (Wildman–Crippen LogP) is 2.87. The largest absolute Gasteiger partial charge is 0.369 e. The molecule has 28 heavy (non-hydrogen) atoms. The Hall–Kier alpha value is -2.61. The van der Waals surface area contributed by atoms with E-state index >= 15 is 0 Å². The van der Waals surface area contributed by atoms with E-state index < -0.39 is 22.0 Å². The Morgan fingerprint density at radius 1 is 1.29 bits per heavy atom. The summed E-state index contributed by atoms with van der Waals surface area (Å²) in [5.74, 6) is 0.545. The fourth-order valence-electron chi connectivity index (χ4n) is 3.28. The van der Waals surface area contributed by atoms with Gasteiger partial charge in [0.25, 0.3) is 6.43 Å². The molecule has 0 aromatic carbocycles. The number of alkyl halides is 2. The molecule has 0 amide bonds. The molecule has 0 saturated heterocycles. The second kappa shape index (κ2) is 8.18. The third kappa shape index (κ3) is 4.27. The zero-order chi connectivity index (χ0) is 20.3. The quantitative estimate of drug-likeness (QED) is 0.779. The van der Waals surface area contributed by atoms with Gasteiger partial charge < -0.3 is 5.32 Å². The Labute approximate surface area is 161 Å². The van der Waals surface area contributed by atoms with Crippen LogP contribution in [0.1, 0.15) is 49.8 Å². The van der Waals surface area contributed by atoms with Crippen LogP contribution in [-0.2, 0) is 9.84 Å². The number of nitrogens with zero attached hydrogens (tertiary/aromatic N) is 5. The van der Waals surface area contributed by atoms with E-state index in [1.54, 1.807) is 6.07 Å². The highest BCUT2D eigenvalue weighted by Gasteiger charge is 2.26.